The fourth-order valence-electron chi connectivity index (χ4n) is 1.47. The van der Waals surface area contributed by atoms with Gasteiger partial charge in [-0.15, -0.1) is 0 Å². The number of amidine groups is 1. The molecular formula is C13H9BrF2N2O. The first-order valence-corrected chi connectivity index (χ1v) is 6.03. The zero-order chi connectivity index (χ0) is 14.0. The van der Waals surface area contributed by atoms with Gasteiger partial charge in [-0.05, 0) is 46.3 Å². The lowest BCUT2D eigenvalue weighted by Gasteiger charge is -2.10. The molecule has 2 aromatic carbocycles. The summed E-state index contributed by atoms with van der Waals surface area (Å²) in [6.45, 7) is 0. The number of halogens is 3. The van der Waals surface area contributed by atoms with E-state index >= 15 is 0 Å². The Balaban J connectivity index is 2.37. The average molecular weight is 327 g/mol. The van der Waals surface area contributed by atoms with Crippen LogP contribution in [-0.2, 0) is 0 Å². The third-order valence-corrected chi connectivity index (χ3v) is 2.99. The molecule has 0 amide bonds. The first kappa shape index (κ1) is 13.5. The Morgan fingerprint density at radius 1 is 1.16 bits per heavy atom. The summed E-state index contributed by atoms with van der Waals surface area (Å²) in [6.07, 6.45) is 0. The molecule has 3 nitrogen and oxygen atoms in total. The second-order valence-electron chi connectivity index (χ2n) is 3.73. The molecule has 0 saturated carbocycles. The fourth-order valence-corrected chi connectivity index (χ4v) is 1.72. The van der Waals surface area contributed by atoms with E-state index in [-0.39, 0.29) is 22.9 Å². The molecule has 0 saturated heterocycles. The number of nitrogen functional groups attached to an aromatic ring is 1. The summed E-state index contributed by atoms with van der Waals surface area (Å²) in [7, 11) is 0. The normalized spacial score (nSPS) is 10.3. The van der Waals surface area contributed by atoms with E-state index in [1.54, 1.807) is 6.07 Å². The Morgan fingerprint density at radius 3 is 2.53 bits per heavy atom. The Bertz CT molecular complexity index is 647. The summed E-state index contributed by atoms with van der Waals surface area (Å²) in [5.41, 5.74) is 5.46. The van der Waals surface area contributed by atoms with E-state index in [0.29, 0.717) is 4.47 Å². The summed E-state index contributed by atoms with van der Waals surface area (Å²) in [4.78, 5) is 0. The quantitative estimate of drug-likeness (QED) is 0.665. The molecule has 19 heavy (non-hydrogen) atoms. The summed E-state index contributed by atoms with van der Waals surface area (Å²) >= 11 is 3.03. The van der Waals surface area contributed by atoms with Gasteiger partial charge in [0.25, 0.3) is 0 Å². The van der Waals surface area contributed by atoms with Gasteiger partial charge < -0.3 is 10.5 Å². The number of hydrogen-bond donors (Lipinski definition) is 2. The molecular weight excluding hydrogens is 318 g/mol. The van der Waals surface area contributed by atoms with Crippen molar-refractivity contribution in [3.05, 3.63) is 58.1 Å². The number of nitrogens with one attached hydrogen (secondary N) is 1. The Labute approximate surface area is 116 Å². The number of ether oxygens (including phenoxy) is 1. The molecule has 0 fully saturated rings. The van der Waals surface area contributed by atoms with Crippen LogP contribution in [-0.4, -0.2) is 5.84 Å². The standard InChI is InChI=1S/C13H9BrF2N2O/c14-10-3-2-8(6-11(10)16)19-12-4-1-7(15)5-9(12)13(17)18/h1-6H,(H3,17,18). The van der Waals surface area contributed by atoms with Crippen LogP contribution in [0.2, 0.25) is 0 Å². The van der Waals surface area contributed by atoms with Crippen LogP contribution in [0.25, 0.3) is 0 Å². The largest absolute Gasteiger partial charge is 0.456 e. The van der Waals surface area contributed by atoms with Crippen molar-refractivity contribution in [3.63, 3.8) is 0 Å². The Hall–Kier alpha value is -1.95. The van der Waals surface area contributed by atoms with Crippen molar-refractivity contribution in [2.24, 2.45) is 5.73 Å². The van der Waals surface area contributed by atoms with Gasteiger partial charge in [-0.2, -0.15) is 0 Å². The van der Waals surface area contributed by atoms with Crippen molar-refractivity contribution in [1.82, 2.24) is 0 Å². The number of nitrogens with two attached hydrogens (primary N) is 1. The second-order valence-corrected chi connectivity index (χ2v) is 4.59. The molecule has 98 valence electrons. The van der Waals surface area contributed by atoms with Crippen LogP contribution in [0.4, 0.5) is 8.78 Å². The molecule has 0 atom stereocenters. The van der Waals surface area contributed by atoms with Gasteiger partial charge in [-0.1, -0.05) is 0 Å². The lowest BCUT2D eigenvalue weighted by molar-refractivity contribution is 0.473. The molecule has 0 aliphatic rings. The van der Waals surface area contributed by atoms with Crippen LogP contribution in [0.3, 0.4) is 0 Å². The van der Waals surface area contributed by atoms with E-state index in [1.807, 2.05) is 0 Å². The number of benzene rings is 2. The number of hydrogen-bond acceptors (Lipinski definition) is 2. The predicted molar refractivity (Wildman–Crippen MR) is 71.6 cm³/mol. The molecule has 2 rings (SSSR count). The van der Waals surface area contributed by atoms with Crippen LogP contribution >= 0.6 is 15.9 Å². The molecule has 0 bridgehead atoms. The maximum absolute atomic E-state index is 13.4. The van der Waals surface area contributed by atoms with Crippen molar-refractivity contribution >= 4 is 21.8 Å². The van der Waals surface area contributed by atoms with Gasteiger partial charge >= 0.3 is 0 Å². The van der Waals surface area contributed by atoms with Crippen molar-refractivity contribution in [1.29, 1.82) is 5.41 Å². The predicted octanol–water partition coefficient (Wildman–Crippen LogP) is 3.80. The molecule has 0 radical (unpaired) electrons. The summed E-state index contributed by atoms with van der Waals surface area (Å²) < 4.78 is 32.2. The zero-order valence-corrected chi connectivity index (χ0v) is 11.2. The summed E-state index contributed by atoms with van der Waals surface area (Å²) in [5, 5.41) is 7.36. The monoisotopic (exact) mass is 326 g/mol. The van der Waals surface area contributed by atoms with Gasteiger partial charge in [-0.25, -0.2) is 8.78 Å². The average Bonchev–Trinajstić information content (AvgIpc) is 2.36. The lowest BCUT2D eigenvalue weighted by Crippen LogP contribution is -2.12. The maximum atomic E-state index is 13.4. The van der Waals surface area contributed by atoms with Gasteiger partial charge in [0.15, 0.2) is 0 Å². The van der Waals surface area contributed by atoms with Gasteiger partial charge in [0.1, 0.15) is 29.0 Å². The van der Waals surface area contributed by atoms with E-state index < -0.39 is 11.6 Å². The van der Waals surface area contributed by atoms with Crippen LogP contribution in [0.15, 0.2) is 40.9 Å². The molecule has 0 heterocycles. The molecule has 3 N–H and O–H groups in total. The van der Waals surface area contributed by atoms with E-state index in [9.17, 15) is 8.78 Å². The van der Waals surface area contributed by atoms with Crippen molar-refractivity contribution in [2.75, 3.05) is 0 Å². The molecule has 2 aromatic rings. The minimum Gasteiger partial charge on any atom is -0.456 e. The lowest BCUT2D eigenvalue weighted by atomic mass is 10.2. The maximum Gasteiger partial charge on any atom is 0.141 e. The van der Waals surface area contributed by atoms with Crippen molar-refractivity contribution in [3.8, 4) is 11.5 Å². The third kappa shape index (κ3) is 3.08. The zero-order valence-electron chi connectivity index (χ0n) is 9.58. The molecule has 6 heteroatoms. The van der Waals surface area contributed by atoms with E-state index in [1.165, 1.54) is 24.3 Å². The highest BCUT2D eigenvalue weighted by molar-refractivity contribution is 9.10. The first-order chi connectivity index (χ1) is 8.97. The van der Waals surface area contributed by atoms with Gasteiger partial charge in [0, 0.05) is 6.07 Å². The SMILES string of the molecule is N=C(N)c1cc(F)ccc1Oc1ccc(Br)c(F)c1. The van der Waals surface area contributed by atoms with Gasteiger partial charge in [0.05, 0.1) is 10.0 Å². The number of rotatable bonds is 3. The van der Waals surface area contributed by atoms with Gasteiger partial charge in [0.2, 0.25) is 0 Å². The minimum atomic E-state index is -0.528. The molecule has 0 aliphatic heterocycles. The first-order valence-electron chi connectivity index (χ1n) is 5.24. The highest BCUT2D eigenvalue weighted by atomic mass is 79.9. The minimum absolute atomic E-state index is 0.114. The Kier molecular flexibility index (Phi) is 3.80. The summed E-state index contributed by atoms with van der Waals surface area (Å²) in [5.74, 6) is -0.916. The van der Waals surface area contributed by atoms with Crippen LogP contribution in [0, 0.1) is 17.0 Å². The highest BCUT2D eigenvalue weighted by Gasteiger charge is 2.10. The van der Waals surface area contributed by atoms with E-state index in [0.717, 1.165) is 6.07 Å². The van der Waals surface area contributed by atoms with Crippen LogP contribution in [0.5, 0.6) is 11.5 Å². The smallest absolute Gasteiger partial charge is 0.141 e. The molecule has 0 aliphatic carbocycles. The fraction of sp³-hybridized carbons (Fsp3) is 0. The molecule has 0 aromatic heterocycles. The third-order valence-electron chi connectivity index (χ3n) is 2.35. The van der Waals surface area contributed by atoms with E-state index in [4.69, 9.17) is 15.9 Å². The summed E-state index contributed by atoms with van der Waals surface area (Å²) in [6, 6.07) is 7.81. The second kappa shape index (κ2) is 5.36. The van der Waals surface area contributed by atoms with Crippen molar-refractivity contribution in [2.45, 2.75) is 0 Å². The van der Waals surface area contributed by atoms with Crippen LogP contribution < -0.4 is 10.5 Å². The van der Waals surface area contributed by atoms with Crippen molar-refractivity contribution < 1.29 is 13.5 Å². The van der Waals surface area contributed by atoms with E-state index in [2.05, 4.69) is 15.9 Å². The molecule has 0 spiro atoms. The highest BCUT2D eigenvalue weighted by Crippen LogP contribution is 2.28. The topological polar surface area (TPSA) is 59.1 Å². The van der Waals surface area contributed by atoms with Crippen LogP contribution in [0.1, 0.15) is 5.56 Å². The van der Waals surface area contributed by atoms with Gasteiger partial charge in [-0.3, -0.25) is 5.41 Å². The molecule has 0 unspecified atom stereocenters. The Morgan fingerprint density at radius 2 is 1.89 bits per heavy atom.